The van der Waals surface area contributed by atoms with E-state index >= 15 is 0 Å². The Morgan fingerprint density at radius 1 is 1.06 bits per heavy atom. The summed E-state index contributed by atoms with van der Waals surface area (Å²) in [4.78, 5) is 61.4. The number of benzene rings is 2. The highest BCUT2D eigenvalue weighted by Crippen LogP contribution is 2.42. The van der Waals surface area contributed by atoms with E-state index in [0.717, 1.165) is 22.5 Å². The number of anilines is 1. The van der Waals surface area contributed by atoms with Crippen molar-refractivity contribution in [2.75, 3.05) is 11.1 Å². The zero-order chi connectivity index (χ0) is 37.0. The minimum atomic E-state index is -0.925. The van der Waals surface area contributed by atoms with Crippen LogP contribution >= 0.6 is 23.1 Å². The monoisotopic (exact) mass is 742 g/mol. The normalized spacial score (nSPS) is 17.4. The van der Waals surface area contributed by atoms with Crippen LogP contribution in [0.2, 0.25) is 0 Å². The van der Waals surface area contributed by atoms with Crippen molar-refractivity contribution in [1.82, 2.24) is 35.4 Å². The van der Waals surface area contributed by atoms with Crippen molar-refractivity contribution in [1.29, 1.82) is 0 Å². The fourth-order valence-electron chi connectivity index (χ4n) is 5.68. The summed E-state index contributed by atoms with van der Waals surface area (Å²) in [6, 6.07) is 17.8. The Balaban J connectivity index is 1.24. The average Bonchev–Trinajstić information content (AvgIpc) is 3.75. The van der Waals surface area contributed by atoms with Gasteiger partial charge in [-0.3, -0.25) is 19.8 Å². The Bertz CT molecular complexity index is 1980. The van der Waals surface area contributed by atoms with Crippen LogP contribution in [0.1, 0.15) is 62.9 Å². The molecule has 52 heavy (non-hydrogen) atoms. The molecule has 1 fully saturated rings. The molecule has 270 valence electrons. The predicted octanol–water partition coefficient (Wildman–Crippen LogP) is 5.27. The van der Waals surface area contributed by atoms with Crippen LogP contribution in [0.5, 0.6) is 0 Å². The summed E-state index contributed by atoms with van der Waals surface area (Å²) in [7, 11) is 0. The number of tetrazole rings is 1. The lowest BCUT2D eigenvalue weighted by atomic mass is 10.00. The van der Waals surface area contributed by atoms with Crippen molar-refractivity contribution in [2.45, 2.75) is 70.7 Å². The summed E-state index contributed by atoms with van der Waals surface area (Å²) in [6.45, 7) is 8.96. The molecular formula is C36H38N8O6S2. The molecule has 0 spiro atoms. The molecular weight excluding hydrogens is 705 g/mol. The van der Waals surface area contributed by atoms with Gasteiger partial charge >= 0.3 is 12.1 Å². The van der Waals surface area contributed by atoms with Crippen LogP contribution in [-0.4, -0.2) is 76.7 Å². The summed E-state index contributed by atoms with van der Waals surface area (Å²) in [6.07, 6.45) is 0.811. The maximum Gasteiger partial charge on any atom is 0.413 e. The number of thioether (sulfide) groups is 1. The number of rotatable bonds is 11. The molecule has 14 nitrogen and oxygen atoms in total. The number of ether oxygens (including phenoxy) is 2. The predicted molar refractivity (Wildman–Crippen MR) is 196 cm³/mol. The number of esters is 1. The molecule has 4 heterocycles. The number of aromatic nitrogens is 5. The second-order valence-electron chi connectivity index (χ2n) is 13.0. The molecule has 6 rings (SSSR count). The highest BCUT2D eigenvalue weighted by Gasteiger charge is 2.55. The largest absolute Gasteiger partial charge is 0.448 e. The summed E-state index contributed by atoms with van der Waals surface area (Å²) in [5.74, 6) is -0.853. The Hall–Kier alpha value is -5.35. The number of amides is 3. The fraction of sp³-hybridized carbons (Fsp3) is 0.333. The lowest BCUT2D eigenvalue weighted by molar-refractivity contribution is -0.154. The highest BCUT2D eigenvalue weighted by atomic mass is 32.2. The number of fused-ring (bicyclic) bond motifs is 1. The van der Waals surface area contributed by atoms with Gasteiger partial charge in [-0.15, -0.1) is 33.3 Å². The average molecular weight is 743 g/mol. The number of hydrogen-bond donors (Lipinski definition) is 2. The molecule has 0 bridgehead atoms. The third kappa shape index (κ3) is 8.23. The first-order valence-corrected chi connectivity index (χ1v) is 18.5. The molecule has 16 heteroatoms. The number of aryl methyl sites for hydroxylation is 1. The van der Waals surface area contributed by atoms with Gasteiger partial charge in [0.2, 0.25) is 0 Å². The minimum absolute atomic E-state index is 0.0905. The first-order valence-electron chi connectivity index (χ1n) is 16.6. The fourth-order valence-corrected chi connectivity index (χ4v) is 7.72. The van der Waals surface area contributed by atoms with Gasteiger partial charge in [0.25, 0.3) is 11.8 Å². The minimum Gasteiger partial charge on any atom is -0.448 e. The molecule has 3 amide bonds. The molecule has 2 aliphatic rings. The quantitative estimate of drug-likeness (QED) is 0.117. The molecule has 2 atom stereocenters. The Kier molecular flexibility index (Phi) is 10.9. The van der Waals surface area contributed by atoms with Crippen molar-refractivity contribution < 1.29 is 28.7 Å². The van der Waals surface area contributed by atoms with Gasteiger partial charge in [0.05, 0.1) is 17.8 Å². The van der Waals surface area contributed by atoms with E-state index in [1.54, 1.807) is 39.2 Å². The van der Waals surface area contributed by atoms with Crippen LogP contribution in [0.15, 0.2) is 83.4 Å². The summed E-state index contributed by atoms with van der Waals surface area (Å²) >= 11 is 2.55. The molecule has 2 aliphatic heterocycles. The van der Waals surface area contributed by atoms with Crippen LogP contribution in [0.25, 0.3) is 5.57 Å². The van der Waals surface area contributed by atoms with Gasteiger partial charge in [0, 0.05) is 11.1 Å². The van der Waals surface area contributed by atoms with Crippen LogP contribution in [-0.2, 0) is 30.4 Å². The van der Waals surface area contributed by atoms with Gasteiger partial charge < -0.3 is 14.8 Å². The summed E-state index contributed by atoms with van der Waals surface area (Å²) in [5.41, 5.74) is 2.10. The third-order valence-electron chi connectivity index (χ3n) is 7.88. The van der Waals surface area contributed by atoms with Gasteiger partial charge in [-0.2, -0.15) is 4.80 Å². The molecule has 0 saturated carbocycles. The third-order valence-corrected chi connectivity index (χ3v) is 9.98. The number of carbonyl (C=O) groups excluding carboxylic acids is 4. The lowest BCUT2D eigenvalue weighted by Crippen LogP contribution is -2.70. The summed E-state index contributed by atoms with van der Waals surface area (Å²) in [5, 5.41) is 19.1. The van der Waals surface area contributed by atoms with Gasteiger partial charge in [-0.25, -0.2) is 14.6 Å². The molecule has 0 unspecified atom stereocenters. The Morgan fingerprint density at radius 2 is 1.73 bits per heavy atom. The standard InChI is InChI=1S/C36H38N8O6S2/c1-6-13-25(26-20-52-34(37-26)39-35(48)50-36(3,4)5)30(45)38-27-31(46)44-28(24(19-51-32(27)44)18-43-41-21(2)40-42-43)33(47)49-29(22-14-9-7-10-15-22)23-16-11-8-12-17-23/h7-17,20,27,29,32H,6,18-19H2,1-5H3,(H,38,45)(H,37,39,48)/b25-13-/t27-,32-/m1/s1. The first-order chi connectivity index (χ1) is 24.9. The van der Waals surface area contributed by atoms with Gasteiger partial charge in [0.15, 0.2) is 17.1 Å². The van der Waals surface area contributed by atoms with Crippen LogP contribution in [0.3, 0.4) is 0 Å². The smallest absolute Gasteiger partial charge is 0.413 e. The first kappa shape index (κ1) is 36.4. The molecule has 2 N–H and O–H groups in total. The second kappa shape index (κ2) is 15.5. The van der Waals surface area contributed by atoms with E-state index in [4.69, 9.17) is 9.47 Å². The molecule has 1 saturated heterocycles. The SMILES string of the molecule is CC/C=C(\C(=O)N[C@@H]1C(=O)N2C(C(=O)OC(c3ccccc3)c3ccccc3)=C(Cn3nnc(C)n3)CS[C@H]12)c1csc(NC(=O)OC(C)(C)C)n1. The maximum absolute atomic E-state index is 14.3. The van der Waals surface area contributed by atoms with Gasteiger partial charge in [-0.1, -0.05) is 73.7 Å². The van der Waals surface area contributed by atoms with Crippen LogP contribution in [0.4, 0.5) is 9.93 Å². The topological polar surface area (TPSA) is 171 Å². The number of thiazole rings is 1. The van der Waals surface area contributed by atoms with Gasteiger partial charge in [-0.05, 0) is 56.0 Å². The Labute approximate surface area is 308 Å². The van der Waals surface area contributed by atoms with Crippen molar-refractivity contribution in [3.05, 3.63) is 106 Å². The maximum atomic E-state index is 14.3. The number of nitrogens with zero attached hydrogens (tertiary/aromatic N) is 6. The lowest BCUT2D eigenvalue weighted by Gasteiger charge is -2.49. The van der Waals surface area contributed by atoms with E-state index in [1.807, 2.05) is 67.6 Å². The number of carbonyl (C=O) groups is 4. The molecule has 0 aliphatic carbocycles. The van der Waals surface area contributed by atoms with Crippen molar-refractivity contribution in [3.63, 3.8) is 0 Å². The van der Waals surface area contributed by atoms with E-state index in [2.05, 4.69) is 31.0 Å². The highest BCUT2D eigenvalue weighted by molar-refractivity contribution is 8.00. The van der Waals surface area contributed by atoms with E-state index in [0.29, 0.717) is 29.3 Å². The van der Waals surface area contributed by atoms with E-state index in [-0.39, 0.29) is 22.9 Å². The molecule has 0 radical (unpaired) electrons. The zero-order valence-electron chi connectivity index (χ0n) is 29.2. The second-order valence-corrected chi connectivity index (χ2v) is 14.9. The van der Waals surface area contributed by atoms with E-state index < -0.39 is 47.0 Å². The Morgan fingerprint density at radius 3 is 2.33 bits per heavy atom. The number of hydrogen-bond acceptors (Lipinski definition) is 12. The molecule has 2 aromatic carbocycles. The number of allylic oxidation sites excluding steroid dienone is 1. The van der Waals surface area contributed by atoms with Crippen molar-refractivity contribution in [2.24, 2.45) is 0 Å². The summed E-state index contributed by atoms with van der Waals surface area (Å²) < 4.78 is 11.5. The zero-order valence-corrected chi connectivity index (χ0v) is 30.9. The number of β-lactam (4-membered cyclic amide) rings is 1. The van der Waals surface area contributed by atoms with E-state index in [9.17, 15) is 19.2 Å². The number of nitrogens with one attached hydrogen (secondary N) is 2. The van der Waals surface area contributed by atoms with Crippen LogP contribution < -0.4 is 10.6 Å². The van der Waals surface area contributed by atoms with Gasteiger partial charge in [0.1, 0.15) is 22.7 Å². The molecule has 4 aromatic rings. The van der Waals surface area contributed by atoms with Crippen LogP contribution in [0, 0.1) is 6.92 Å². The van der Waals surface area contributed by atoms with Crippen molar-refractivity contribution >= 4 is 57.7 Å². The van der Waals surface area contributed by atoms with Crippen molar-refractivity contribution in [3.8, 4) is 0 Å². The molecule has 2 aromatic heterocycles. The van der Waals surface area contributed by atoms with E-state index in [1.165, 1.54) is 21.5 Å².